The van der Waals surface area contributed by atoms with Crippen molar-refractivity contribution in [3.8, 4) is 5.75 Å². The molecule has 0 saturated carbocycles. The molecule has 3 aromatic carbocycles. The highest BCUT2D eigenvalue weighted by Gasteiger charge is 2.33. The molecule has 1 aliphatic heterocycles. The van der Waals surface area contributed by atoms with Crippen LogP contribution in [0.5, 0.6) is 5.75 Å². The lowest BCUT2D eigenvalue weighted by Gasteiger charge is -2.29. The molecule has 42 heavy (non-hydrogen) atoms. The second-order valence-corrected chi connectivity index (χ2v) is 12.4. The SMILES string of the molecule is CCC(C(=O)Nc1cc(O)c(NC(=O)c2ccc(C(=O)OC)cc2)cc1Cl)S(=O)(=O)c1ccc(N2CCCCC2)cc1. The number of rotatable bonds is 9. The molecule has 1 saturated heterocycles. The maximum Gasteiger partial charge on any atom is 0.337 e. The summed E-state index contributed by atoms with van der Waals surface area (Å²) in [6.07, 6.45) is 3.38. The molecular weight excluding hydrogens is 582 g/mol. The van der Waals surface area contributed by atoms with Crippen LogP contribution in [-0.4, -0.2) is 56.8 Å². The summed E-state index contributed by atoms with van der Waals surface area (Å²) in [7, 11) is -2.78. The van der Waals surface area contributed by atoms with Gasteiger partial charge in [0.25, 0.3) is 5.91 Å². The van der Waals surface area contributed by atoms with E-state index in [1.54, 1.807) is 19.1 Å². The van der Waals surface area contributed by atoms with Crippen molar-refractivity contribution >= 4 is 56.3 Å². The van der Waals surface area contributed by atoms with Crippen molar-refractivity contribution in [2.24, 2.45) is 0 Å². The molecule has 2 amide bonds. The van der Waals surface area contributed by atoms with Crippen LogP contribution in [0.1, 0.15) is 53.3 Å². The Labute approximate surface area is 249 Å². The molecule has 4 rings (SSSR count). The summed E-state index contributed by atoms with van der Waals surface area (Å²) >= 11 is 6.33. The van der Waals surface area contributed by atoms with Gasteiger partial charge in [-0.05, 0) is 80.3 Å². The number of carbonyl (C=O) groups is 3. The van der Waals surface area contributed by atoms with E-state index in [4.69, 9.17) is 11.6 Å². The van der Waals surface area contributed by atoms with Gasteiger partial charge < -0.3 is 25.4 Å². The maximum absolute atomic E-state index is 13.4. The third-order valence-corrected chi connectivity index (χ3v) is 9.62. The number of aromatic hydroxyl groups is 1. The minimum atomic E-state index is -4.03. The van der Waals surface area contributed by atoms with Gasteiger partial charge in [0.1, 0.15) is 11.0 Å². The number of anilines is 3. The fourth-order valence-corrected chi connectivity index (χ4v) is 6.58. The van der Waals surface area contributed by atoms with Crippen molar-refractivity contribution in [2.45, 2.75) is 42.8 Å². The topological polar surface area (TPSA) is 142 Å². The fourth-order valence-electron chi connectivity index (χ4n) is 4.75. The first kappa shape index (κ1) is 30.9. The Morgan fingerprint density at radius 1 is 0.929 bits per heavy atom. The number of amides is 2. The van der Waals surface area contributed by atoms with Crippen LogP contribution in [0.3, 0.4) is 0 Å². The number of nitrogens with one attached hydrogen (secondary N) is 2. The second kappa shape index (κ2) is 13.3. The number of phenolic OH excluding ortho intramolecular Hbond substituents is 1. The van der Waals surface area contributed by atoms with Gasteiger partial charge >= 0.3 is 5.97 Å². The number of phenols is 1. The van der Waals surface area contributed by atoms with Gasteiger partial charge in [0.15, 0.2) is 9.84 Å². The summed E-state index contributed by atoms with van der Waals surface area (Å²) in [6.45, 7) is 3.44. The fraction of sp³-hybridized carbons (Fsp3) is 0.300. The summed E-state index contributed by atoms with van der Waals surface area (Å²) in [5.74, 6) is -2.34. The molecule has 1 unspecified atom stereocenters. The average Bonchev–Trinajstić information content (AvgIpc) is 3.00. The van der Waals surface area contributed by atoms with E-state index in [9.17, 15) is 27.9 Å². The molecule has 1 atom stereocenters. The molecule has 1 heterocycles. The van der Waals surface area contributed by atoms with Crippen LogP contribution < -0.4 is 15.5 Å². The van der Waals surface area contributed by atoms with E-state index >= 15 is 0 Å². The molecule has 0 spiro atoms. The highest BCUT2D eigenvalue weighted by Crippen LogP contribution is 2.35. The Morgan fingerprint density at radius 2 is 1.55 bits per heavy atom. The van der Waals surface area contributed by atoms with E-state index in [-0.39, 0.29) is 38.8 Å². The highest BCUT2D eigenvalue weighted by molar-refractivity contribution is 7.92. The molecular formula is C30H32ClN3O7S. The van der Waals surface area contributed by atoms with Crippen molar-refractivity contribution in [3.63, 3.8) is 0 Å². The predicted molar refractivity (Wildman–Crippen MR) is 161 cm³/mol. The van der Waals surface area contributed by atoms with Crippen LogP contribution in [0.4, 0.5) is 17.1 Å². The summed E-state index contributed by atoms with van der Waals surface area (Å²) in [5.41, 5.74) is 1.36. The van der Waals surface area contributed by atoms with Crippen molar-refractivity contribution in [1.29, 1.82) is 0 Å². The highest BCUT2D eigenvalue weighted by atomic mass is 35.5. The molecule has 0 radical (unpaired) electrons. The molecule has 12 heteroatoms. The summed E-state index contributed by atoms with van der Waals surface area (Å²) in [6, 6.07) is 14.6. The molecule has 3 aromatic rings. The van der Waals surface area contributed by atoms with Crippen molar-refractivity contribution in [1.82, 2.24) is 0 Å². The quantitative estimate of drug-likeness (QED) is 0.219. The number of ether oxygens (including phenoxy) is 1. The number of hydrogen-bond donors (Lipinski definition) is 3. The van der Waals surface area contributed by atoms with Crippen LogP contribution >= 0.6 is 11.6 Å². The molecule has 10 nitrogen and oxygen atoms in total. The zero-order valence-corrected chi connectivity index (χ0v) is 24.8. The van der Waals surface area contributed by atoms with Gasteiger partial charge in [-0.15, -0.1) is 0 Å². The number of esters is 1. The number of methoxy groups -OCH3 is 1. The third-order valence-electron chi connectivity index (χ3n) is 7.08. The normalized spacial score (nSPS) is 14.1. The monoisotopic (exact) mass is 613 g/mol. The standard InChI is InChI=1S/C30H32ClN3O7S/c1-3-27(42(39,40)22-13-11-21(12-14-22)34-15-5-4-6-16-34)29(37)32-24-18-26(35)25(17-23(24)31)33-28(36)19-7-9-20(10-8-19)30(38)41-2/h7-14,17-18,27,35H,3-6,15-16H2,1-2H3,(H,32,37)(H,33,36). The predicted octanol–water partition coefficient (Wildman–Crippen LogP) is 5.27. The molecule has 0 aromatic heterocycles. The van der Waals surface area contributed by atoms with Gasteiger partial charge in [-0.25, -0.2) is 13.2 Å². The van der Waals surface area contributed by atoms with Gasteiger partial charge in [-0.1, -0.05) is 18.5 Å². The zero-order chi connectivity index (χ0) is 30.4. The van der Waals surface area contributed by atoms with Crippen LogP contribution in [0.15, 0.2) is 65.6 Å². The number of benzene rings is 3. The largest absolute Gasteiger partial charge is 0.506 e. The summed E-state index contributed by atoms with van der Waals surface area (Å²) in [4.78, 5) is 39.6. The van der Waals surface area contributed by atoms with E-state index in [1.807, 2.05) is 0 Å². The van der Waals surface area contributed by atoms with Gasteiger partial charge in [0.2, 0.25) is 5.91 Å². The second-order valence-electron chi connectivity index (χ2n) is 9.85. The minimum absolute atomic E-state index is 0.00849. The number of piperidine rings is 1. The first-order valence-electron chi connectivity index (χ1n) is 13.5. The van der Waals surface area contributed by atoms with Crippen LogP contribution in [-0.2, 0) is 19.4 Å². The Morgan fingerprint density at radius 3 is 2.14 bits per heavy atom. The molecule has 1 aliphatic rings. The van der Waals surface area contributed by atoms with Crippen LogP contribution in [0.2, 0.25) is 5.02 Å². The molecule has 0 aliphatic carbocycles. The molecule has 222 valence electrons. The lowest BCUT2D eigenvalue weighted by Crippen LogP contribution is -2.35. The van der Waals surface area contributed by atoms with E-state index in [0.717, 1.165) is 37.7 Å². The summed E-state index contributed by atoms with van der Waals surface area (Å²) < 4.78 is 31.4. The summed E-state index contributed by atoms with van der Waals surface area (Å²) in [5, 5.41) is 14.1. The molecule has 0 bridgehead atoms. The first-order chi connectivity index (χ1) is 20.0. The van der Waals surface area contributed by atoms with Crippen LogP contribution in [0, 0.1) is 0 Å². The van der Waals surface area contributed by atoms with E-state index < -0.39 is 38.6 Å². The van der Waals surface area contributed by atoms with Gasteiger partial charge in [0, 0.05) is 30.4 Å². The Hall–Kier alpha value is -4.09. The average molecular weight is 614 g/mol. The molecule has 1 fully saturated rings. The zero-order valence-electron chi connectivity index (χ0n) is 23.2. The van der Waals surface area contributed by atoms with E-state index in [0.29, 0.717) is 0 Å². The number of halogens is 1. The van der Waals surface area contributed by atoms with Crippen molar-refractivity contribution in [2.75, 3.05) is 35.7 Å². The number of sulfone groups is 1. The maximum atomic E-state index is 13.4. The number of nitrogens with zero attached hydrogens (tertiary/aromatic N) is 1. The Kier molecular flexibility index (Phi) is 9.74. The van der Waals surface area contributed by atoms with Crippen LogP contribution in [0.25, 0.3) is 0 Å². The third kappa shape index (κ3) is 6.85. The molecule has 3 N–H and O–H groups in total. The van der Waals surface area contributed by atoms with Crippen molar-refractivity contribution < 1.29 is 32.6 Å². The number of carbonyl (C=O) groups excluding carboxylic acids is 3. The van der Waals surface area contributed by atoms with Crippen molar-refractivity contribution in [3.05, 3.63) is 76.8 Å². The minimum Gasteiger partial charge on any atom is -0.506 e. The van der Waals surface area contributed by atoms with E-state index in [1.165, 1.54) is 56.0 Å². The number of hydrogen-bond acceptors (Lipinski definition) is 8. The first-order valence-corrected chi connectivity index (χ1v) is 15.4. The van der Waals surface area contributed by atoms with Gasteiger partial charge in [0.05, 0.1) is 34.0 Å². The van der Waals surface area contributed by atoms with Gasteiger partial charge in [-0.3, -0.25) is 9.59 Å². The lowest BCUT2D eigenvalue weighted by molar-refractivity contribution is -0.115. The Balaban J connectivity index is 1.46. The Bertz CT molecular complexity index is 1570. The van der Waals surface area contributed by atoms with Gasteiger partial charge in [-0.2, -0.15) is 0 Å². The van der Waals surface area contributed by atoms with E-state index in [2.05, 4.69) is 20.3 Å². The smallest absolute Gasteiger partial charge is 0.337 e. The lowest BCUT2D eigenvalue weighted by atomic mass is 10.1.